The van der Waals surface area contributed by atoms with Crippen LogP contribution in [0.4, 0.5) is 0 Å². The molecule has 0 atom stereocenters. The maximum absolute atomic E-state index is 12.6. The van der Waals surface area contributed by atoms with Crippen molar-refractivity contribution in [2.45, 2.75) is 32.9 Å². The van der Waals surface area contributed by atoms with Crippen molar-refractivity contribution in [1.29, 1.82) is 0 Å². The van der Waals surface area contributed by atoms with Gasteiger partial charge in [0.05, 0.1) is 6.20 Å². The molecule has 2 aromatic rings. The van der Waals surface area contributed by atoms with E-state index >= 15 is 0 Å². The van der Waals surface area contributed by atoms with Crippen LogP contribution in [0, 0.1) is 0 Å². The fraction of sp³-hybridized carbons (Fsp3) is 0.400. The van der Waals surface area contributed by atoms with Gasteiger partial charge in [-0.05, 0) is 36.6 Å². The molecule has 3 rings (SSSR count). The SMILES string of the molecule is CCCn1nncc1C(=O)c1ccc2c(c1)CNCC2. The molecule has 20 heavy (non-hydrogen) atoms. The molecule has 1 aromatic carbocycles. The van der Waals surface area contributed by atoms with E-state index in [1.54, 1.807) is 10.9 Å². The Balaban J connectivity index is 1.92. The van der Waals surface area contributed by atoms with E-state index in [9.17, 15) is 4.79 Å². The van der Waals surface area contributed by atoms with Gasteiger partial charge in [-0.2, -0.15) is 0 Å². The molecule has 0 bridgehead atoms. The van der Waals surface area contributed by atoms with E-state index < -0.39 is 0 Å². The number of carbonyl (C=O) groups excluding carboxylic acids is 1. The molecule has 0 saturated heterocycles. The summed E-state index contributed by atoms with van der Waals surface area (Å²) in [6.45, 7) is 4.62. The summed E-state index contributed by atoms with van der Waals surface area (Å²) in [6, 6.07) is 5.97. The number of carbonyl (C=O) groups is 1. The first kappa shape index (κ1) is 13.0. The monoisotopic (exact) mass is 270 g/mol. The molecule has 0 amide bonds. The van der Waals surface area contributed by atoms with Gasteiger partial charge in [0.15, 0.2) is 0 Å². The summed E-state index contributed by atoms with van der Waals surface area (Å²) in [5.41, 5.74) is 3.83. The number of benzene rings is 1. The number of aromatic nitrogens is 3. The second-order valence-corrected chi connectivity index (χ2v) is 5.08. The van der Waals surface area contributed by atoms with Crippen LogP contribution < -0.4 is 5.32 Å². The van der Waals surface area contributed by atoms with Gasteiger partial charge in [-0.3, -0.25) is 4.79 Å². The first-order chi connectivity index (χ1) is 9.79. The third-order valence-corrected chi connectivity index (χ3v) is 3.64. The molecule has 1 N–H and O–H groups in total. The Morgan fingerprint density at radius 2 is 2.30 bits per heavy atom. The van der Waals surface area contributed by atoms with Crippen LogP contribution in [0.3, 0.4) is 0 Å². The van der Waals surface area contributed by atoms with Crippen molar-refractivity contribution in [3.8, 4) is 0 Å². The van der Waals surface area contributed by atoms with Gasteiger partial charge < -0.3 is 5.32 Å². The van der Waals surface area contributed by atoms with Crippen LogP contribution >= 0.6 is 0 Å². The molecule has 1 aromatic heterocycles. The quantitative estimate of drug-likeness (QED) is 0.857. The van der Waals surface area contributed by atoms with Gasteiger partial charge in [0.2, 0.25) is 5.78 Å². The Hall–Kier alpha value is -2.01. The average Bonchev–Trinajstić information content (AvgIpc) is 2.94. The van der Waals surface area contributed by atoms with Crippen LogP contribution in [0.1, 0.15) is 40.5 Å². The second-order valence-electron chi connectivity index (χ2n) is 5.08. The van der Waals surface area contributed by atoms with E-state index in [1.807, 2.05) is 12.1 Å². The van der Waals surface area contributed by atoms with Crippen LogP contribution in [0.5, 0.6) is 0 Å². The highest BCUT2D eigenvalue weighted by atomic mass is 16.1. The van der Waals surface area contributed by atoms with E-state index in [-0.39, 0.29) is 5.78 Å². The lowest BCUT2D eigenvalue weighted by Crippen LogP contribution is -2.24. The molecule has 0 unspecified atom stereocenters. The molecule has 0 saturated carbocycles. The van der Waals surface area contributed by atoms with Gasteiger partial charge in [-0.1, -0.05) is 24.3 Å². The molecule has 1 aliphatic rings. The third-order valence-electron chi connectivity index (χ3n) is 3.64. The van der Waals surface area contributed by atoms with Crippen molar-refractivity contribution in [3.05, 3.63) is 46.8 Å². The van der Waals surface area contributed by atoms with Gasteiger partial charge in [-0.15, -0.1) is 5.10 Å². The largest absolute Gasteiger partial charge is 0.312 e. The summed E-state index contributed by atoms with van der Waals surface area (Å²) < 4.78 is 1.68. The molecular formula is C15H18N4O. The van der Waals surface area contributed by atoms with E-state index in [4.69, 9.17) is 0 Å². The zero-order valence-corrected chi connectivity index (χ0v) is 11.6. The van der Waals surface area contributed by atoms with Crippen molar-refractivity contribution in [2.24, 2.45) is 0 Å². The first-order valence-corrected chi connectivity index (χ1v) is 7.05. The predicted octanol–water partition coefficient (Wildman–Crippen LogP) is 1.56. The summed E-state index contributed by atoms with van der Waals surface area (Å²) in [7, 11) is 0. The number of fused-ring (bicyclic) bond motifs is 1. The molecular weight excluding hydrogens is 252 g/mol. The fourth-order valence-electron chi connectivity index (χ4n) is 2.58. The van der Waals surface area contributed by atoms with Crippen molar-refractivity contribution in [1.82, 2.24) is 20.3 Å². The Morgan fingerprint density at radius 3 is 3.15 bits per heavy atom. The average molecular weight is 270 g/mol. The van der Waals surface area contributed by atoms with Gasteiger partial charge in [0.1, 0.15) is 5.69 Å². The molecule has 2 heterocycles. The number of hydrogen-bond acceptors (Lipinski definition) is 4. The number of ketones is 1. The lowest BCUT2D eigenvalue weighted by atomic mass is 9.96. The van der Waals surface area contributed by atoms with Crippen LogP contribution in [-0.4, -0.2) is 27.3 Å². The lowest BCUT2D eigenvalue weighted by molar-refractivity contribution is 0.102. The highest BCUT2D eigenvalue weighted by Gasteiger charge is 2.17. The summed E-state index contributed by atoms with van der Waals surface area (Å²) in [6.07, 6.45) is 3.51. The highest BCUT2D eigenvalue weighted by Crippen LogP contribution is 2.18. The summed E-state index contributed by atoms with van der Waals surface area (Å²) >= 11 is 0. The number of nitrogens with one attached hydrogen (secondary N) is 1. The molecule has 5 nitrogen and oxygen atoms in total. The summed E-state index contributed by atoms with van der Waals surface area (Å²) in [4.78, 5) is 12.6. The number of nitrogens with zero attached hydrogens (tertiary/aromatic N) is 3. The maximum Gasteiger partial charge on any atom is 0.212 e. The van der Waals surface area contributed by atoms with E-state index in [2.05, 4.69) is 28.6 Å². The fourth-order valence-corrected chi connectivity index (χ4v) is 2.58. The van der Waals surface area contributed by atoms with E-state index in [1.165, 1.54) is 11.1 Å². The standard InChI is InChI=1S/C15H18N4O/c1-2-7-19-14(10-17-18-19)15(20)12-4-3-11-5-6-16-9-13(11)8-12/h3-4,8,10,16H,2,5-7,9H2,1H3. The van der Waals surface area contributed by atoms with E-state index in [0.29, 0.717) is 17.8 Å². The summed E-state index contributed by atoms with van der Waals surface area (Å²) in [5.74, 6) is -0.00294. The van der Waals surface area contributed by atoms with Crippen molar-refractivity contribution in [2.75, 3.05) is 6.54 Å². The zero-order valence-electron chi connectivity index (χ0n) is 11.6. The molecule has 0 aliphatic carbocycles. The lowest BCUT2D eigenvalue weighted by Gasteiger charge is -2.17. The summed E-state index contributed by atoms with van der Waals surface area (Å²) in [5, 5.41) is 11.2. The topological polar surface area (TPSA) is 59.8 Å². The molecule has 5 heteroatoms. The minimum Gasteiger partial charge on any atom is -0.312 e. The second kappa shape index (κ2) is 5.54. The number of aryl methyl sites for hydroxylation is 1. The molecule has 104 valence electrons. The Labute approximate surface area is 118 Å². The van der Waals surface area contributed by atoms with E-state index in [0.717, 1.165) is 25.9 Å². The maximum atomic E-state index is 12.6. The van der Waals surface area contributed by atoms with Gasteiger partial charge in [-0.25, -0.2) is 4.68 Å². The zero-order chi connectivity index (χ0) is 13.9. The van der Waals surface area contributed by atoms with Gasteiger partial charge >= 0.3 is 0 Å². The Bertz CT molecular complexity index is 633. The number of rotatable bonds is 4. The first-order valence-electron chi connectivity index (χ1n) is 7.05. The third kappa shape index (κ3) is 2.36. The normalized spacial score (nSPS) is 14.1. The molecule has 1 aliphatic heterocycles. The van der Waals surface area contributed by atoms with Crippen LogP contribution in [0.2, 0.25) is 0 Å². The Kier molecular flexibility index (Phi) is 3.60. The van der Waals surface area contributed by atoms with Crippen LogP contribution in [-0.2, 0) is 19.5 Å². The highest BCUT2D eigenvalue weighted by molar-refractivity contribution is 6.07. The van der Waals surface area contributed by atoms with Crippen LogP contribution in [0.15, 0.2) is 24.4 Å². The van der Waals surface area contributed by atoms with Crippen LogP contribution in [0.25, 0.3) is 0 Å². The van der Waals surface area contributed by atoms with Gasteiger partial charge in [0.25, 0.3) is 0 Å². The molecule has 0 radical (unpaired) electrons. The molecule has 0 spiro atoms. The van der Waals surface area contributed by atoms with Crippen molar-refractivity contribution >= 4 is 5.78 Å². The Morgan fingerprint density at radius 1 is 1.40 bits per heavy atom. The minimum absolute atomic E-state index is 0.00294. The van der Waals surface area contributed by atoms with Crippen molar-refractivity contribution in [3.63, 3.8) is 0 Å². The minimum atomic E-state index is -0.00294. The number of hydrogen-bond donors (Lipinski definition) is 1. The predicted molar refractivity (Wildman–Crippen MR) is 75.6 cm³/mol. The van der Waals surface area contributed by atoms with Gasteiger partial charge in [0, 0.05) is 18.7 Å². The smallest absolute Gasteiger partial charge is 0.212 e. The van der Waals surface area contributed by atoms with Crippen molar-refractivity contribution < 1.29 is 4.79 Å². The molecule has 0 fully saturated rings.